The molecule has 0 aliphatic rings. The maximum atomic E-state index is 8.52. The molecule has 0 aromatic carbocycles. The van der Waals surface area contributed by atoms with Gasteiger partial charge in [0.15, 0.2) is 0 Å². The first kappa shape index (κ1) is 31.2. The average molecular weight is 324 g/mol. The predicted molar refractivity (Wildman–Crippen MR) is 19.8 cm³/mol. The van der Waals surface area contributed by atoms with E-state index in [4.69, 9.17) is 17.5 Å². The maximum Gasteiger partial charge on any atom is 2.00 e. The van der Waals surface area contributed by atoms with Gasteiger partial charge in [-0.1, -0.05) is 0 Å². The van der Waals surface area contributed by atoms with Gasteiger partial charge in [0.25, 0.3) is 0 Å². The summed E-state index contributed by atoms with van der Waals surface area (Å²) in [5.74, 6) is 0. The molecule has 0 aromatic heterocycles. The van der Waals surface area contributed by atoms with Crippen molar-refractivity contribution in [1.82, 2.24) is 0 Å². The van der Waals surface area contributed by atoms with Gasteiger partial charge >= 0.3 is 39.0 Å². The molecule has 0 aliphatic carbocycles. The fourth-order valence-electron chi connectivity index (χ4n) is 0. The Balaban J connectivity index is -0.0000000133. The standard InChI is InChI=1S/H2O4S.H2O.Se.2Zn/c1-5(2,3)4;;;;/h(H2,1,2,3,4);1H2;;;/q;;-2;2*+2/p-2. The van der Waals surface area contributed by atoms with Crippen molar-refractivity contribution in [1.29, 1.82) is 0 Å². The molecule has 0 unspecified atom stereocenters. The minimum atomic E-state index is -5.17. The van der Waals surface area contributed by atoms with Crippen molar-refractivity contribution in [2.45, 2.75) is 0 Å². The quantitative estimate of drug-likeness (QED) is 0.277. The van der Waals surface area contributed by atoms with Gasteiger partial charge in [-0.05, 0) is 0 Å². The van der Waals surface area contributed by atoms with Gasteiger partial charge < -0.3 is 31.7 Å². The molecule has 48 valence electrons. The first-order chi connectivity index (χ1) is 2.00. The summed E-state index contributed by atoms with van der Waals surface area (Å²) in [5, 5.41) is 0. The summed E-state index contributed by atoms with van der Waals surface area (Å²) < 4.78 is 34.1. The van der Waals surface area contributed by atoms with Gasteiger partial charge in [-0.15, -0.1) is 0 Å². The first-order valence-corrected chi connectivity index (χ1v) is 2.00. The predicted octanol–water partition coefficient (Wildman–Crippen LogP) is -2.55. The maximum absolute atomic E-state index is 8.52. The van der Waals surface area contributed by atoms with Crippen LogP contribution in [-0.2, 0) is 49.4 Å². The molecule has 9 heavy (non-hydrogen) atoms. The minimum Gasteiger partial charge on any atom is -2.00 e. The number of hydrogen-bond donors (Lipinski definition) is 0. The molecule has 2 N–H and O–H groups in total. The fourth-order valence-corrected chi connectivity index (χ4v) is 0. The Morgan fingerprint density at radius 2 is 1.00 bits per heavy atom. The molecule has 0 rings (SSSR count). The van der Waals surface area contributed by atoms with E-state index >= 15 is 0 Å². The van der Waals surface area contributed by atoms with Crippen molar-refractivity contribution in [2.24, 2.45) is 0 Å². The van der Waals surface area contributed by atoms with Crippen LogP contribution in [0.15, 0.2) is 0 Å². The normalized spacial score (nSPS) is 6.44. The number of rotatable bonds is 0. The van der Waals surface area contributed by atoms with Crippen molar-refractivity contribution in [3.63, 3.8) is 0 Å². The Morgan fingerprint density at radius 3 is 1.00 bits per heavy atom. The van der Waals surface area contributed by atoms with Gasteiger partial charge in [-0.25, -0.2) is 0 Å². The molecule has 0 saturated carbocycles. The third-order valence-corrected chi connectivity index (χ3v) is 0. The van der Waals surface area contributed by atoms with Crippen molar-refractivity contribution < 1.29 is 62.0 Å². The van der Waals surface area contributed by atoms with Crippen LogP contribution in [0, 0.1) is 0 Å². The van der Waals surface area contributed by atoms with Crippen LogP contribution >= 0.6 is 0 Å². The minimum absolute atomic E-state index is 0. The van der Waals surface area contributed by atoms with E-state index in [1.807, 2.05) is 0 Å². The molecule has 0 fully saturated rings. The largest absolute Gasteiger partial charge is 2.00 e. The molecule has 9 heteroatoms. The summed E-state index contributed by atoms with van der Waals surface area (Å²) in [6.45, 7) is 0. The summed E-state index contributed by atoms with van der Waals surface area (Å²) >= 11 is 0. The summed E-state index contributed by atoms with van der Waals surface area (Å²) in [6, 6.07) is 0. The second kappa shape index (κ2) is 12.3. The Kier molecular flexibility index (Phi) is 42.5. The molecule has 0 atom stereocenters. The summed E-state index contributed by atoms with van der Waals surface area (Å²) in [6.07, 6.45) is 0. The van der Waals surface area contributed by atoms with Gasteiger partial charge in [0.05, 0.1) is 0 Å². The molecule has 0 aliphatic heterocycles. The van der Waals surface area contributed by atoms with Crippen LogP contribution < -0.4 is 0 Å². The fraction of sp³-hybridized carbons (Fsp3) is 0. The van der Waals surface area contributed by atoms with Crippen LogP contribution in [0.1, 0.15) is 0 Å². The van der Waals surface area contributed by atoms with Crippen molar-refractivity contribution in [3.8, 4) is 0 Å². The zero-order valence-electron chi connectivity index (χ0n) is 4.36. The monoisotopic (exact) mass is 322 g/mol. The van der Waals surface area contributed by atoms with E-state index in [1.54, 1.807) is 0 Å². The molecule has 5 nitrogen and oxygen atoms in total. The van der Waals surface area contributed by atoms with E-state index in [9.17, 15) is 0 Å². The van der Waals surface area contributed by atoms with E-state index in [0.717, 1.165) is 0 Å². The average Bonchev–Trinajstić information content (AvgIpc) is 0.722. The van der Waals surface area contributed by atoms with Crippen LogP contribution in [0.3, 0.4) is 0 Å². The van der Waals surface area contributed by atoms with E-state index in [1.165, 1.54) is 0 Å². The van der Waals surface area contributed by atoms with Gasteiger partial charge in [0.2, 0.25) is 0 Å². The van der Waals surface area contributed by atoms with Gasteiger partial charge in [0.1, 0.15) is 0 Å². The zero-order chi connectivity index (χ0) is 4.50. The van der Waals surface area contributed by atoms with Crippen LogP contribution in [0.4, 0.5) is 0 Å². The molecule has 0 bridgehead atoms. The van der Waals surface area contributed by atoms with Crippen LogP contribution in [0.2, 0.25) is 0 Å². The zero-order valence-corrected chi connectivity index (χ0v) is 12.8. The second-order valence-corrected chi connectivity index (χ2v) is 1.22. The third-order valence-electron chi connectivity index (χ3n) is 0. The SMILES string of the molecule is O.O=S(=O)([O-])[O-].[Se-2].[Zn+2].[Zn+2]. The molecule has 0 aromatic rings. The summed E-state index contributed by atoms with van der Waals surface area (Å²) in [5.41, 5.74) is 0. The van der Waals surface area contributed by atoms with E-state index in [0.29, 0.717) is 0 Å². The molecule has 0 radical (unpaired) electrons. The molecule has 0 heterocycles. The Morgan fingerprint density at radius 1 is 1.00 bits per heavy atom. The smallest absolute Gasteiger partial charge is 2.00 e. The van der Waals surface area contributed by atoms with E-state index < -0.39 is 10.4 Å². The topological polar surface area (TPSA) is 112 Å². The first-order valence-electron chi connectivity index (χ1n) is 0.667. The van der Waals surface area contributed by atoms with E-state index in [2.05, 4.69) is 0 Å². The van der Waals surface area contributed by atoms with Crippen LogP contribution in [0.25, 0.3) is 0 Å². The van der Waals surface area contributed by atoms with Gasteiger partial charge in [0, 0.05) is 10.4 Å². The van der Waals surface area contributed by atoms with Gasteiger partial charge in [-0.2, -0.15) is 0 Å². The molecule has 0 saturated heterocycles. The third kappa shape index (κ3) is 217. The summed E-state index contributed by atoms with van der Waals surface area (Å²) in [7, 11) is -5.17. The molecule has 0 spiro atoms. The van der Waals surface area contributed by atoms with E-state index in [-0.39, 0.29) is 61.5 Å². The van der Waals surface area contributed by atoms with Gasteiger partial charge in [-0.3, -0.25) is 8.42 Å². The van der Waals surface area contributed by atoms with Crippen LogP contribution in [-0.4, -0.2) is 40.1 Å². The molecular formula is H2O5SSeZn2. The number of hydrogen-bond acceptors (Lipinski definition) is 4. The van der Waals surface area contributed by atoms with Crippen molar-refractivity contribution >= 4 is 27.5 Å². The Labute approximate surface area is 88.8 Å². The summed E-state index contributed by atoms with van der Waals surface area (Å²) in [4.78, 5) is 0. The second-order valence-electron chi connectivity index (χ2n) is 0.408. The molecular weight excluding hydrogens is 322 g/mol. The van der Waals surface area contributed by atoms with Crippen LogP contribution in [0.5, 0.6) is 0 Å². The Hall–Kier alpha value is 1.60. The van der Waals surface area contributed by atoms with Crippen molar-refractivity contribution in [3.05, 3.63) is 0 Å². The van der Waals surface area contributed by atoms with Crippen molar-refractivity contribution in [2.75, 3.05) is 0 Å². The molecule has 0 amide bonds. The Bertz CT molecular complexity index is 98.1.